The van der Waals surface area contributed by atoms with Gasteiger partial charge in [0.05, 0.1) is 11.2 Å². The average Bonchev–Trinajstić information content (AvgIpc) is 2.96. The molecule has 0 aromatic carbocycles. The number of H-pyrrole nitrogens is 1. The molecular formula is C16H20N4O. The van der Waals surface area contributed by atoms with Crippen LogP contribution < -0.4 is 5.32 Å². The van der Waals surface area contributed by atoms with Crippen LogP contribution in [0, 0.1) is 0 Å². The normalized spacial score (nSPS) is 28.9. The van der Waals surface area contributed by atoms with Gasteiger partial charge in [0.15, 0.2) is 0 Å². The van der Waals surface area contributed by atoms with E-state index in [0.717, 1.165) is 23.9 Å². The first-order valence-electron chi connectivity index (χ1n) is 7.67. The largest absolute Gasteiger partial charge is 0.345 e. The van der Waals surface area contributed by atoms with Gasteiger partial charge in [0, 0.05) is 23.8 Å². The van der Waals surface area contributed by atoms with Crippen LogP contribution in [-0.2, 0) is 0 Å². The molecule has 2 aliphatic rings. The van der Waals surface area contributed by atoms with Crippen LogP contribution in [0.3, 0.4) is 0 Å². The van der Waals surface area contributed by atoms with Gasteiger partial charge in [0.2, 0.25) is 0 Å². The first-order valence-corrected chi connectivity index (χ1v) is 7.67. The van der Waals surface area contributed by atoms with Crippen LogP contribution in [-0.4, -0.2) is 39.5 Å². The van der Waals surface area contributed by atoms with Crippen molar-refractivity contribution >= 4 is 16.9 Å². The van der Waals surface area contributed by atoms with Crippen LogP contribution in [0.15, 0.2) is 24.5 Å². The first-order chi connectivity index (χ1) is 10.2. The number of carbonyl (C=O) groups excluding carboxylic acids is 1. The molecule has 2 saturated heterocycles. The average molecular weight is 284 g/mol. The molecule has 21 heavy (non-hydrogen) atoms. The number of aromatic amines is 1. The minimum absolute atomic E-state index is 0.00338. The highest BCUT2D eigenvalue weighted by molar-refractivity contribution is 6.06. The second-order valence-corrected chi connectivity index (χ2v) is 6.28. The number of hydrogen-bond donors (Lipinski definition) is 2. The molecule has 2 aliphatic heterocycles. The number of amides is 1. The minimum Gasteiger partial charge on any atom is -0.345 e. The SMILES string of the molecule is CN1C2CCCC1(NC(=O)c1c[nH]c3ncccc13)CC2. The van der Waals surface area contributed by atoms with E-state index in [-0.39, 0.29) is 11.6 Å². The van der Waals surface area contributed by atoms with E-state index in [1.807, 2.05) is 12.1 Å². The third-order valence-electron chi connectivity index (χ3n) is 5.28. The maximum atomic E-state index is 12.7. The summed E-state index contributed by atoms with van der Waals surface area (Å²) in [5.41, 5.74) is 1.31. The third kappa shape index (κ3) is 1.87. The molecule has 2 aromatic rings. The summed E-state index contributed by atoms with van der Waals surface area (Å²) >= 11 is 0. The quantitative estimate of drug-likeness (QED) is 0.889. The van der Waals surface area contributed by atoms with E-state index < -0.39 is 0 Å². The number of piperidine rings is 1. The fourth-order valence-electron chi connectivity index (χ4n) is 4.03. The summed E-state index contributed by atoms with van der Waals surface area (Å²) in [5.74, 6) is 0.00338. The summed E-state index contributed by atoms with van der Waals surface area (Å²) in [5, 5.41) is 4.20. The van der Waals surface area contributed by atoms with Crippen molar-refractivity contribution < 1.29 is 4.79 Å². The van der Waals surface area contributed by atoms with E-state index in [9.17, 15) is 4.79 Å². The number of pyridine rings is 1. The number of aromatic nitrogens is 2. The topological polar surface area (TPSA) is 61.0 Å². The van der Waals surface area contributed by atoms with E-state index in [4.69, 9.17) is 0 Å². The Morgan fingerprint density at radius 3 is 3.29 bits per heavy atom. The van der Waals surface area contributed by atoms with E-state index in [0.29, 0.717) is 11.6 Å². The van der Waals surface area contributed by atoms with Gasteiger partial charge in [-0.3, -0.25) is 9.69 Å². The summed E-state index contributed by atoms with van der Waals surface area (Å²) in [4.78, 5) is 22.4. The highest BCUT2D eigenvalue weighted by atomic mass is 16.2. The number of nitrogens with zero attached hydrogens (tertiary/aromatic N) is 2. The predicted octanol–water partition coefficient (Wildman–Crippen LogP) is 2.27. The Bertz CT molecular complexity index is 690. The summed E-state index contributed by atoms with van der Waals surface area (Å²) in [7, 11) is 2.15. The molecule has 4 rings (SSSR count). The summed E-state index contributed by atoms with van der Waals surface area (Å²) in [6.07, 6.45) is 9.24. The van der Waals surface area contributed by atoms with Crippen molar-refractivity contribution in [3.8, 4) is 0 Å². The second kappa shape index (κ2) is 4.56. The summed E-state index contributed by atoms with van der Waals surface area (Å²) in [6, 6.07) is 4.43. The molecule has 0 saturated carbocycles. The van der Waals surface area contributed by atoms with Crippen LogP contribution in [0.4, 0.5) is 0 Å². The van der Waals surface area contributed by atoms with E-state index >= 15 is 0 Å². The Hall–Kier alpha value is -1.88. The van der Waals surface area contributed by atoms with Gasteiger partial charge in [-0.2, -0.15) is 0 Å². The molecule has 2 unspecified atom stereocenters. The Labute approximate surface area is 123 Å². The van der Waals surface area contributed by atoms with Crippen molar-refractivity contribution in [3.63, 3.8) is 0 Å². The molecule has 2 N–H and O–H groups in total. The smallest absolute Gasteiger partial charge is 0.254 e. The maximum Gasteiger partial charge on any atom is 0.254 e. The minimum atomic E-state index is -0.147. The lowest BCUT2D eigenvalue weighted by atomic mass is 9.97. The van der Waals surface area contributed by atoms with Crippen molar-refractivity contribution in [2.24, 2.45) is 0 Å². The Morgan fingerprint density at radius 2 is 2.38 bits per heavy atom. The van der Waals surface area contributed by atoms with Crippen LogP contribution in [0.2, 0.25) is 0 Å². The molecule has 1 amide bonds. The number of fused-ring (bicyclic) bond motifs is 3. The molecular weight excluding hydrogens is 264 g/mol. The zero-order valence-electron chi connectivity index (χ0n) is 12.2. The van der Waals surface area contributed by atoms with Gasteiger partial charge in [-0.05, 0) is 51.3 Å². The monoisotopic (exact) mass is 284 g/mol. The van der Waals surface area contributed by atoms with Gasteiger partial charge in [-0.15, -0.1) is 0 Å². The number of carbonyl (C=O) groups is 1. The number of nitrogens with one attached hydrogen (secondary N) is 2. The van der Waals surface area contributed by atoms with Crippen molar-refractivity contribution in [1.29, 1.82) is 0 Å². The highest BCUT2D eigenvalue weighted by Gasteiger charge is 2.47. The fourth-order valence-corrected chi connectivity index (χ4v) is 4.03. The van der Waals surface area contributed by atoms with Crippen molar-refractivity contribution in [1.82, 2.24) is 20.2 Å². The van der Waals surface area contributed by atoms with Gasteiger partial charge in [0.25, 0.3) is 5.91 Å². The molecule has 0 radical (unpaired) electrons. The van der Waals surface area contributed by atoms with Gasteiger partial charge in [0.1, 0.15) is 5.65 Å². The van der Waals surface area contributed by atoms with Crippen LogP contribution in [0.25, 0.3) is 11.0 Å². The van der Waals surface area contributed by atoms with Crippen molar-refractivity contribution in [2.75, 3.05) is 7.05 Å². The summed E-state index contributed by atoms with van der Waals surface area (Å²) < 4.78 is 0. The third-order valence-corrected chi connectivity index (χ3v) is 5.28. The molecule has 0 spiro atoms. The predicted molar refractivity (Wildman–Crippen MR) is 80.9 cm³/mol. The van der Waals surface area contributed by atoms with Crippen molar-refractivity contribution in [3.05, 3.63) is 30.1 Å². The molecule has 4 heterocycles. The van der Waals surface area contributed by atoms with Gasteiger partial charge in [-0.1, -0.05) is 0 Å². The van der Waals surface area contributed by atoms with Gasteiger partial charge < -0.3 is 10.3 Å². The molecule has 2 aromatic heterocycles. The lowest BCUT2D eigenvalue weighted by Gasteiger charge is -2.43. The highest BCUT2D eigenvalue weighted by Crippen LogP contribution is 2.41. The van der Waals surface area contributed by atoms with Crippen LogP contribution in [0.1, 0.15) is 42.5 Å². The molecule has 2 atom stereocenters. The number of rotatable bonds is 2. The molecule has 5 nitrogen and oxygen atoms in total. The van der Waals surface area contributed by atoms with Crippen molar-refractivity contribution in [2.45, 2.75) is 43.8 Å². The Kier molecular flexibility index (Phi) is 2.79. The molecule has 2 fully saturated rings. The number of hydrogen-bond acceptors (Lipinski definition) is 3. The Morgan fingerprint density at radius 1 is 1.48 bits per heavy atom. The van der Waals surface area contributed by atoms with E-state index in [1.54, 1.807) is 12.4 Å². The van der Waals surface area contributed by atoms with Crippen LogP contribution in [0.5, 0.6) is 0 Å². The fraction of sp³-hybridized carbons (Fsp3) is 0.500. The van der Waals surface area contributed by atoms with Crippen LogP contribution >= 0.6 is 0 Å². The zero-order chi connectivity index (χ0) is 14.4. The maximum absolute atomic E-state index is 12.7. The summed E-state index contributed by atoms with van der Waals surface area (Å²) in [6.45, 7) is 0. The van der Waals surface area contributed by atoms with E-state index in [1.165, 1.54) is 19.3 Å². The zero-order valence-corrected chi connectivity index (χ0v) is 12.2. The molecule has 2 bridgehead atoms. The molecule has 5 heteroatoms. The lowest BCUT2D eigenvalue weighted by Crippen LogP contribution is -2.59. The lowest BCUT2D eigenvalue weighted by molar-refractivity contribution is 0.0438. The second-order valence-electron chi connectivity index (χ2n) is 6.28. The molecule has 110 valence electrons. The van der Waals surface area contributed by atoms with Gasteiger partial charge >= 0.3 is 0 Å². The standard InChI is InChI=1S/C16H20N4O/c1-20-11-4-2-7-16(20,8-6-11)19-15(21)13-10-18-14-12(13)5-3-9-17-14/h3,5,9-11H,2,4,6-8H2,1H3,(H,17,18)(H,19,21). The molecule has 0 aliphatic carbocycles. The van der Waals surface area contributed by atoms with Gasteiger partial charge in [-0.25, -0.2) is 4.98 Å². The Balaban J connectivity index is 1.64. The van der Waals surface area contributed by atoms with E-state index in [2.05, 4.69) is 27.2 Å². The first kappa shape index (κ1) is 12.8.